The van der Waals surface area contributed by atoms with Gasteiger partial charge in [-0.15, -0.1) is 4.40 Å². The fourth-order valence-corrected chi connectivity index (χ4v) is 5.06. The van der Waals surface area contributed by atoms with Crippen LogP contribution in [-0.2, 0) is 6.42 Å². The van der Waals surface area contributed by atoms with E-state index in [0.717, 1.165) is 5.56 Å². The quantitative estimate of drug-likeness (QED) is 0.300. The third-order valence-corrected chi connectivity index (χ3v) is 6.85. The molecule has 0 amide bonds. The predicted octanol–water partition coefficient (Wildman–Crippen LogP) is 4.39. The number of hydrogen-bond donors (Lipinski definition) is 5. The lowest BCUT2D eigenvalue weighted by Crippen LogP contribution is -2.36. The number of rotatable bonds is 5. The van der Waals surface area contributed by atoms with Crippen molar-refractivity contribution >= 4 is 33.2 Å². The molecule has 1 aromatic heterocycles. The van der Waals surface area contributed by atoms with E-state index in [4.69, 9.17) is 0 Å². The molecule has 9 heteroatoms. The molecule has 0 radical (unpaired) electrons. The van der Waals surface area contributed by atoms with E-state index in [0.29, 0.717) is 29.6 Å². The molecule has 33 heavy (non-hydrogen) atoms. The number of aromatic nitrogens is 1. The Hall–Kier alpha value is -3.79. The molecular weight excluding hydrogens is 440 g/mol. The number of nitrogens with one attached hydrogen (secondary N) is 2. The molecule has 0 aliphatic carbocycles. The summed E-state index contributed by atoms with van der Waals surface area (Å²) in [6.45, 7) is 0.468. The van der Waals surface area contributed by atoms with Crippen molar-refractivity contribution in [2.24, 2.45) is 4.40 Å². The second kappa shape index (κ2) is 8.28. The van der Waals surface area contributed by atoms with Gasteiger partial charge in [0.25, 0.3) is 5.56 Å². The molecule has 0 atom stereocenters. The summed E-state index contributed by atoms with van der Waals surface area (Å²) in [6.07, 6.45) is 0.685. The lowest BCUT2D eigenvalue weighted by atomic mass is 10.1. The van der Waals surface area contributed by atoms with Gasteiger partial charge in [0.05, 0.1) is 11.2 Å². The molecule has 1 aliphatic rings. The van der Waals surface area contributed by atoms with Crippen LogP contribution in [0.5, 0.6) is 5.75 Å². The average molecular weight is 463 g/mol. The van der Waals surface area contributed by atoms with E-state index in [9.17, 15) is 19.0 Å². The van der Waals surface area contributed by atoms with Gasteiger partial charge in [-0.3, -0.25) is 13.9 Å². The van der Waals surface area contributed by atoms with E-state index in [1.54, 1.807) is 48.5 Å². The van der Waals surface area contributed by atoms with Gasteiger partial charge >= 0.3 is 0 Å². The second-order valence-corrected chi connectivity index (χ2v) is 9.26. The van der Waals surface area contributed by atoms with Crippen molar-refractivity contribution in [3.8, 4) is 5.75 Å². The number of para-hydroxylation sites is 2. The number of benzene rings is 3. The van der Waals surface area contributed by atoms with Crippen LogP contribution in [0.15, 0.2) is 93.0 Å². The normalized spacial score (nSPS) is 15.3. The van der Waals surface area contributed by atoms with Gasteiger partial charge in [0.1, 0.15) is 16.2 Å². The molecule has 1 aliphatic heterocycles. The predicted molar refractivity (Wildman–Crippen MR) is 132 cm³/mol. The Labute approximate surface area is 191 Å². The highest BCUT2D eigenvalue weighted by atomic mass is 32.3. The van der Waals surface area contributed by atoms with Crippen LogP contribution in [0, 0.1) is 0 Å². The number of fused-ring (bicyclic) bond motifs is 2. The van der Waals surface area contributed by atoms with Crippen molar-refractivity contribution < 1.29 is 14.2 Å². The van der Waals surface area contributed by atoms with Gasteiger partial charge in [-0.2, -0.15) is 0 Å². The van der Waals surface area contributed by atoms with Crippen LogP contribution in [0.25, 0.3) is 10.9 Å². The van der Waals surface area contributed by atoms with Crippen LogP contribution in [0.2, 0.25) is 0 Å². The number of anilines is 1. The molecule has 168 valence electrons. The highest BCUT2D eigenvalue weighted by molar-refractivity contribution is 8.23. The van der Waals surface area contributed by atoms with Crippen molar-refractivity contribution in [2.75, 3.05) is 17.3 Å². The summed E-state index contributed by atoms with van der Waals surface area (Å²) in [4.78, 5) is 13.8. The summed E-state index contributed by atoms with van der Waals surface area (Å²) in [5, 5.41) is 14.4. The molecular formula is C24H22N4O4S. The van der Waals surface area contributed by atoms with Crippen LogP contribution in [-0.4, -0.2) is 31.3 Å². The molecule has 2 heterocycles. The topological polar surface area (TPSA) is 119 Å². The zero-order valence-electron chi connectivity index (χ0n) is 17.5. The minimum absolute atomic E-state index is 0.0967. The molecule has 0 saturated heterocycles. The highest BCUT2D eigenvalue weighted by Crippen LogP contribution is 2.55. The number of pyridine rings is 1. The average Bonchev–Trinajstić information content (AvgIpc) is 2.82. The van der Waals surface area contributed by atoms with Gasteiger partial charge in [0.2, 0.25) is 0 Å². The summed E-state index contributed by atoms with van der Waals surface area (Å²) in [6, 6.07) is 23.5. The van der Waals surface area contributed by atoms with Gasteiger partial charge in [0.15, 0.2) is 5.84 Å². The third kappa shape index (κ3) is 3.82. The fraction of sp³-hybridized carbons (Fsp3) is 0.0833. The standard InChI is InChI=1S/C24H22N4O4S/c29-22-17-10-4-6-12-19(17)28(25-15-14-16-8-2-1-3-9-16)24(30)21(22)23-26-18-11-5-7-13-20(18)33(31,32)27-23/h1-13,25,29,31-32H,14-15H2,(H,26,27). The summed E-state index contributed by atoms with van der Waals surface area (Å²) in [7, 11) is -3.55. The third-order valence-electron chi connectivity index (χ3n) is 5.47. The smallest absolute Gasteiger partial charge is 0.284 e. The Balaban J connectivity index is 1.60. The monoisotopic (exact) mass is 462 g/mol. The van der Waals surface area contributed by atoms with Gasteiger partial charge in [-0.05, 0) is 36.2 Å². The summed E-state index contributed by atoms with van der Waals surface area (Å²) < 4.78 is 26.6. The molecule has 0 bridgehead atoms. The number of amidine groups is 1. The molecule has 4 aromatic rings. The van der Waals surface area contributed by atoms with E-state index in [-0.39, 0.29) is 22.0 Å². The molecule has 0 spiro atoms. The first-order valence-electron chi connectivity index (χ1n) is 10.3. The first-order chi connectivity index (χ1) is 16.0. The van der Waals surface area contributed by atoms with Crippen LogP contribution in [0.1, 0.15) is 11.1 Å². The van der Waals surface area contributed by atoms with E-state index >= 15 is 0 Å². The maximum absolute atomic E-state index is 13.5. The van der Waals surface area contributed by atoms with Crippen molar-refractivity contribution in [1.29, 1.82) is 0 Å². The van der Waals surface area contributed by atoms with Crippen molar-refractivity contribution in [3.63, 3.8) is 0 Å². The van der Waals surface area contributed by atoms with Crippen molar-refractivity contribution in [2.45, 2.75) is 11.3 Å². The molecule has 0 saturated carbocycles. The van der Waals surface area contributed by atoms with Crippen LogP contribution in [0.3, 0.4) is 0 Å². The molecule has 0 unspecified atom stereocenters. The lowest BCUT2D eigenvalue weighted by molar-refractivity contribution is 0.478. The summed E-state index contributed by atoms with van der Waals surface area (Å²) >= 11 is 0. The Morgan fingerprint density at radius 2 is 1.64 bits per heavy atom. The van der Waals surface area contributed by atoms with Gasteiger partial charge in [-0.1, -0.05) is 65.4 Å². The maximum Gasteiger partial charge on any atom is 0.284 e. The lowest BCUT2D eigenvalue weighted by Gasteiger charge is -2.34. The zero-order chi connectivity index (χ0) is 23.0. The first kappa shape index (κ1) is 21.1. The second-order valence-electron chi connectivity index (χ2n) is 7.60. The SMILES string of the molecule is O=c1c(C2=NS(O)(O)c3ccccc3N2)c(O)c2ccccc2n1NCCc1ccccc1. The minimum Gasteiger partial charge on any atom is -0.506 e. The van der Waals surface area contributed by atoms with E-state index in [1.807, 2.05) is 30.3 Å². The maximum atomic E-state index is 13.5. The largest absolute Gasteiger partial charge is 0.506 e. The minimum atomic E-state index is -3.55. The molecule has 5 rings (SSSR count). The number of nitrogens with zero attached hydrogens (tertiary/aromatic N) is 2. The highest BCUT2D eigenvalue weighted by Gasteiger charge is 2.30. The molecule has 8 nitrogen and oxygen atoms in total. The van der Waals surface area contributed by atoms with E-state index in [1.165, 1.54) is 4.68 Å². The summed E-state index contributed by atoms with van der Waals surface area (Å²) in [5.74, 6) is -0.377. The van der Waals surface area contributed by atoms with E-state index in [2.05, 4.69) is 15.1 Å². The number of hydrogen-bond acceptors (Lipinski definition) is 7. The van der Waals surface area contributed by atoms with Crippen LogP contribution >= 0.6 is 10.8 Å². The van der Waals surface area contributed by atoms with Gasteiger partial charge < -0.3 is 15.8 Å². The molecule has 0 fully saturated rings. The Kier molecular flexibility index (Phi) is 5.29. The van der Waals surface area contributed by atoms with Crippen molar-refractivity contribution in [1.82, 2.24) is 4.68 Å². The molecule has 3 aromatic carbocycles. The van der Waals surface area contributed by atoms with Crippen LogP contribution in [0.4, 0.5) is 5.69 Å². The Morgan fingerprint density at radius 1 is 0.939 bits per heavy atom. The van der Waals surface area contributed by atoms with Crippen LogP contribution < -0.4 is 16.3 Å². The zero-order valence-corrected chi connectivity index (χ0v) is 18.3. The van der Waals surface area contributed by atoms with Gasteiger partial charge in [-0.25, -0.2) is 4.68 Å². The first-order valence-corrected chi connectivity index (χ1v) is 11.9. The Bertz CT molecular complexity index is 1430. The fourth-order valence-electron chi connectivity index (χ4n) is 3.90. The summed E-state index contributed by atoms with van der Waals surface area (Å²) in [5.41, 5.74) is 4.48. The molecule has 5 N–H and O–H groups in total. The van der Waals surface area contributed by atoms with Gasteiger partial charge in [0, 0.05) is 11.9 Å². The number of aromatic hydroxyl groups is 1. The van der Waals surface area contributed by atoms with Crippen molar-refractivity contribution in [3.05, 3.63) is 100 Å². The Morgan fingerprint density at radius 3 is 2.45 bits per heavy atom. The van der Waals surface area contributed by atoms with E-state index < -0.39 is 16.3 Å².